The summed E-state index contributed by atoms with van der Waals surface area (Å²) in [5.74, 6) is 0.0912. The van der Waals surface area contributed by atoms with Crippen LogP contribution in [-0.2, 0) is 6.42 Å². The molecule has 0 saturated carbocycles. The molecular weight excluding hydrogens is 260 g/mol. The monoisotopic (exact) mass is 280 g/mol. The van der Waals surface area contributed by atoms with Crippen LogP contribution in [0.3, 0.4) is 0 Å². The highest BCUT2D eigenvalue weighted by Crippen LogP contribution is 2.32. The van der Waals surface area contributed by atoms with E-state index in [4.69, 9.17) is 5.73 Å². The fraction of sp³-hybridized carbons (Fsp3) is 0.278. The zero-order valence-corrected chi connectivity index (χ0v) is 12.7. The third-order valence-corrected chi connectivity index (χ3v) is 4.14. The van der Waals surface area contributed by atoms with Gasteiger partial charge < -0.3 is 10.6 Å². The molecule has 3 heteroatoms. The van der Waals surface area contributed by atoms with Crippen molar-refractivity contribution in [3.8, 4) is 0 Å². The molecule has 2 aromatic rings. The molecule has 1 amide bonds. The number of amides is 1. The molecule has 0 saturated heterocycles. The van der Waals surface area contributed by atoms with Crippen molar-refractivity contribution in [2.24, 2.45) is 0 Å². The standard InChI is InChI=1S/C18H20N2O/c1-11-8-12(2)17(13(3)9-11)18(21)20-7-6-14-10-15(19)4-5-16(14)20/h4-5,8-10H,6-7,19H2,1-3H3. The molecule has 0 spiro atoms. The van der Waals surface area contributed by atoms with Crippen molar-refractivity contribution in [1.29, 1.82) is 0 Å². The number of hydrogen-bond donors (Lipinski definition) is 1. The van der Waals surface area contributed by atoms with Crippen LogP contribution >= 0.6 is 0 Å². The molecule has 1 aliphatic heterocycles. The molecular formula is C18H20N2O. The van der Waals surface area contributed by atoms with Gasteiger partial charge in [0.2, 0.25) is 0 Å². The zero-order chi connectivity index (χ0) is 15.1. The Morgan fingerprint density at radius 3 is 2.43 bits per heavy atom. The van der Waals surface area contributed by atoms with Crippen molar-refractivity contribution >= 4 is 17.3 Å². The summed E-state index contributed by atoms with van der Waals surface area (Å²) < 4.78 is 0. The molecule has 1 aliphatic rings. The minimum absolute atomic E-state index is 0.0912. The van der Waals surface area contributed by atoms with Crippen molar-refractivity contribution in [2.45, 2.75) is 27.2 Å². The molecule has 0 aliphatic carbocycles. The highest BCUT2D eigenvalue weighted by atomic mass is 16.2. The van der Waals surface area contributed by atoms with Gasteiger partial charge in [-0.3, -0.25) is 4.79 Å². The van der Waals surface area contributed by atoms with Gasteiger partial charge in [-0.25, -0.2) is 0 Å². The van der Waals surface area contributed by atoms with Crippen LogP contribution < -0.4 is 10.6 Å². The van der Waals surface area contributed by atoms with Crippen LogP contribution in [0.15, 0.2) is 30.3 Å². The van der Waals surface area contributed by atoms with Crippen LogP contribution in [-0.4, -0.2) is 12.5 Å². The minimum atomic E-state index is 0.0912. The second-order valence-electron chi connectivity index (χ2n) is 5.87. The van der Waals surface area contributed by atoms with Crippen molar-refractivity contribution in [2.75, 3.05) is 17.2 Å². The lowest BCUT2D eigenvalue weighted by Crippen LogP contribution is -2.30. The first kappa shape index (κ1) is 13.7. The number of nitrogens with zero attached hydrogens (tertiary/aromatic N) is 1. The summed E-state index contributed by atoms with van der Waals surface area (Å²) in [5, 5.41) is 0. The van der Waals surface area contributed by atoms with Crippen molar-refractivity contribution in [3.05, 3.63) is 58.1 Å². The lowest BCUT2D eigenvalue weighted by Gasteiger charge is -2.20. The molecule has 2 N–H and O–H groups in total. The number of carbonyl (C=O) groups is 1. The number of nitrogens with two attached hydrogens (primary N) is 1. The van der Waals surface area contributed by atoms with E-state index in [1.807, 2.05) is 36.9 Å². The van der Waals surface area contributed by atoms with E-state index in [0.29, 0.717) is 0 Å². The van der Waals surface area contributed by atoms with E-state index in [-0.39, 0.29) is 5.91 Å². The topological polar surface area (TPSA) is 46.3 Å². The Labute approximate surface area is 125 Å². The van der Waals surface area contributed by atoms with E-state index in [0.717, 1.165) is 46.6 Å². The summed E-state index contributed by atoms with van der Waals surface area (Å²) in [6, 6.07) is 9.92. The Balaban J connectivity index is 2.03. The maximum Gasteiger partial charge on any atom is 0.258 e. The van der Waals surface area contributed by atoms with E-state index in [9.17, 15) is 4.79 Å². The normalized spacial score (nSPS) is 13.4. The predicted molar refractivity (Wildman–Crippen MR) is 86.9 cm³/mol. The highest BCUT2D eigenvalue weighted by Gasteiger charge is 2.27. The number of rotatable bonds is 1. The molecule has 0 atom stereocenters. The van der Waals surface area contributed by atoms with Gasteiger partial charge in [-0.05, 0) is 62.1 Å². The smallest absolute Gasteiger partial charge is 0.258 e. The van der Waals surface area contributed by atoms with Gasteiger partial charge in [0.15, 0.2) is 0 Å². The van der Waals surface area contributed by atoms with E-state index in [2.05, 4.69) is 19.1 Å². The van der Waals surface area contributed by atoms with Crippen LogP contribution in [0.1, 0.15) is 32.6 Å². The summed E-state index contributed by atoms with van der Waals surface area (Å²) in [5.41, 5.74) is 12.8. The lowest BCUT2D eigenvalue weighted by atomic mass is 9.98. The number of hydrogen-bond acceptors (Lipinski definition) is 2. The van der Waals surface area contributed by atoms with Crippen LogP contribution in [0.5, 0.6) is 0 Å². The number of anilines is 2. The first-order valence-electron chi connectivity index (χ1n) is 7.25. The summed E-state index contributed by atoms with van der Waals surface area (Å²) in [6.07, 6.45) is 0.871. The third kappa shape index (κ3) is 2.29. The number of aryl methyl sites for hydroxylation is 3. The molecule has 21 heavy (non-hydrogen) atoms. The average Bonchev–Trinajstić information content (AvgIpc) is 2.80. The van der Waals surface area contributed by atoms with Gasteiger partial charge in [0.1, 0.15) is 0 Å². The number of carbonyl (C=O) groups excluding carboxylic acids is 1. The van der Waals surface area contributed by atoms with Crippen LogP contribution in [0.2, 0.25) is 0 Å². The first-order chi connectivity index (χ1) is 9.97. The molecule has 0 radical (unpaired) electrons. The second-order valence-corrected chi connectivity index (χ2v) is 5.87. The van der Waals surface area contributed by atoms with Crippen LogP contribution in [0, 0.1) is 20.8 Å². The summed E-state index contributed by atoms with van der Waals surface area (Å²) >= 11 is 0. The van der Waals surface area contributed by atoms with Gasteiger partial charge >= 0.3 is 0 Å². The summed E-state index contributed by atoms with van der Waals surface area (Å²) in [6.45, 7) is 6.80. The Kier molecular flexibility index (Phi) is 3.20. The van der Waals surface area contributed by atoms with Crippen LogP contribution in [0.4, 0.5) is 11.4 Å². The molecule has 3 nitrogen and oxygen atoms in total. The molecule has 108 valence electrons. The molecule has 1 heterocycles. The van der Waals surface area contributed by atoms with Gasteiger partial charge in [0, 0.05) is 23.5 Å². The Hall–Kier alpha value is -2.29. The van der Waals surface area contributed by atoms with Crippen molar-refractivity contribution < 1.29 is 4.79 Å². The van der Waals surface area contributed by atoms with Crippen molar-refractivity contribution in [3.63, 3.8) is 0 Å². The fourth-order valence-corrected chi connectivity index (χ4v) is 3.28. The summed E-state index contributed by atoms with van der Waals surface area (Å²) in [4.78, 5) is 14.8. The maximum absolute atomic E-state index is 12.9. The van der Waals surface area contributed by atoms with Gasteiger partial charge in [-0.15, -0.1) is 0 Å². The quantitative estimate of drug-likeness (QED) is 0.814. The third-order valence-electron chi connectivity index (χ3n) is 4.14. The Bertz CT molecular complexity index is 711. The number of benzene rings is 2. The highest BCUT2D eigenvalue weighted by molar-refractivity contribution is 6.09. The van der Waals surface area contributed by atoms with E-state index >= 15 is 0 Å². The largest absolute Gasteiger partial charge is 0.399 e. The van der Waals surface area contributed by atoms with Gasteiger partial charge in [-0.2, -0.15) is 0 Å². The van der Waals surface area contributed by atoms with Gasteiger partial charge in [0.25, 0.3) is 5.91 Å². The second kappa shape index (κ2) is 4.92. The van der Waals surface area contributed by atoms with E-state index in [1.54, 1.807) is 0 Å². The first-order valence-corrected chi connectivity index (χ1v) is 7.25. The number of nitrogen functional groups attached to an aromatic ring is 1. The lowest BCUT2D eigenvalue weighted by molar-refractivity contribution is 0.0988. The SMILES string of the molecule is Cc1cc(C)c(C(=O)N2CCc3cc(N)ccc32)c(C)c1. The Morgan fingerprint density at radius 1 is 1.10 bits per heavy atom. The molecule has 3 rings (SSSR count). The van der Waals surface area contributed by atoms with Gasteiger partial charge in [0.05, 0.1) is 0 Å². The minimum Gasteiger partial charge on any atom is -0.399 e. The molecule has 0 bridgehead atoms. The predicted octanol–water partition coefficient (Wildman–Crippen LogP) is 3.40. The molecule has 0 aromatic heterocycles. The van der Waals surface area contributed by atoms with Crippen LogP contribution in [0.25, 0.3) is 0 Å². The zero-order valence-electron chi connectivity index (χ0n) is 12.7. The number of fused-ring (bicyclic) bond motifs is 1. The molecule has 0 fully saturated rings. The average molecular weight is 280 g/mol. The van der Waals surface area contributed by atoms with E-state index in [1.165, 1.54) is 5.56 Å². The molecule has 2 aromatic carbocycles. The maximum atomic E-state index is 12.9. The van der Waals surface area contributed by atoms with E-state index < -0.39 is 0 Å². The van der Waals surface area contributed by atoms with Crippen molar-refractivity contribution in [1.82, 2.24) is 0 Å². The fourth-order valence-electron chi connectivity index (χ4n) is 3.28. The van der Waals surface area contributed by atoms with Gasteiger partial charge in [-0.1, -0.05) is 17.7 Å². The molecule has 0 unspecified atom stereocenters. The Morgan fingerprint density at radius 2 is 1.76 bits per heavy atom. The summed E-state index contributed by atoms with van der Waals surface area (Å²) in [7, 11) is 0.